The first-order valence-corrected chi connectivity index (χ1v) is 10.2. The number of anilines is 2. The average Bonchev–Trinajstić information content (AvgIpc) is 2.97. The smallest absolute Gasteiger partial charge is 0.231 e. The summed E-state index contributed by atoms with van der Waals surface area (Å²) in [5.41, 5.74) is 2.64. The summed E-state index contributed by atoms with van der Waals surface area (Å²) >= 11 is 6.26. The molecule has 0 atom stereocenters. The molecule has 1 spiro atoms. The van der Waals surface area contributed by atoms with Crippen LogP contribution in [0, 0.1) is 5.41 Å². The highest BCUT2D eigenvalue weighted by Gasteiger charge is 2.53. The number of hydrogen-bond acceptors (Lipinski definition) is 7. The zero-order chi connectivity index (χ0) is 19.6. The van der Waals surface area contributed by atoms with Crippen LogP contribution >= 0.6 is 11.6 Å². The van der Waals surface area contributed by atoms with Crippen molar-refractivity contribution in [2.75, 3.05) is 43.0 Å². The lowest BCUT2D eigenvalue weighted by molar-refractivity contribution is 0.153. The Balaban J connectivity index is 1.25. The minimum Gasteiger partial charge on any atom is -0.354 e. The van der Waals surface area contributed by atoms with Crippen LogP contribution in [0.15, 0.2) is 36.5 Å². The Kier molecular flexibility index (Phi) is 3.64. The molecule has 6 rings (SSSR count). The van der Waals surface area contributed by atoms with Gasteiger partial charge >= 0.3 is 0 Å². The molecule has 2 aromatic heterocycles. The molecule has 2 fully saturated rings. The van der Waals surface area contributed by atoms with Crippen molar-refractivity contribution in [2.45, 2.75) is 13.1 Å². The Morgan fingerprint density at radius 1 is 0.966 bits per heavy atom. The second-order valence-electron chi connectivity index (χ2n) is 8.49. The summed E-state index contributed by atoms with van der Waals surface area (Å²) < 4.78 is 2.21. The summed E-state index contributed by atoms with van der Waals surface area (Å²) in [7, 11) is 2.10. The van der Waals surface area contributed by atoms with Crippen molar-refractivity contribution in [3.05, 3.63) is 52.9 Å². The SMILES string of the molecule is CN1Cc2cc(Cl)ccc2-n2c(nnc2N2CC3(CN(c4cccnn4)C3)C2)C1. The van der Waals surface area contributed by atoms with E-state index in [0.717, 1.165) is 67.6 Å². The van der Waals surface area contributed by atoms with Crippen molar-refractivity contribution < 1.29 is 0 Å². The molecule has 2 saturated heterocycles. The Morgan fingerprint density at radius 2 is 1.79 bits per heavy atom. The molecule has 0 bridgehead atoms. The Morgan fingerprint density at radius 3 is 2.59 bits per heavy atom. The van der Waals surface area contributed by atoms with Gasteiger partial charge in [-0.15, -0.1) is 15.3 Å². The highest BCUT2D eigenvalue weighted by atomic mass is 35.5. The van der Waals surface area contributed by atoms with Crippen LogP contribution in [0.2, 0.25) is 5.02 Å². The van der Waals surface area contributed by atoms with Gasteiger partial charge in [-0.25, -0.2) is 0 Å². The first-order chi connectivity index (χ1) is 14.1. The fourth-order valence-corrected chi connectivity index (χ4v) is 5.04. The topological polar surface area (TPSA) is 66.2 Å². The predicted octanol–water partition coefficient (Wildman–Crippen LogP) is 1.98. The van der Waals surface area contributed by atoms with Crippen molar-refractivity contribution in [2.24, 2.45) is 5.41 Å². The zero-order valence-electron chi connectivity index (χ0n) is 16.2. The maximum absolute atomic E-state index is 6.26. The van der Waals surface area contributed by atoms with E-state index in [1.165, 1.54) is 5.56 Å². The lowest BCUT2D eigenvalue weighted by Crippen LogP contribution is -2.73. The molecule has 9 heteroatoms. The van der Waals surface area contributed by atoms with Crippen LogP contribution in [0.4, 0.5) is 11.8 Å². The minimum atomic E-state index is 0.314. The lowest BCUT2D eigenvalue weighted by Gasteiger charge is -2.60. The van der Waals surface area contributed by atoms with Crippen molar-refractivity contribution in [1.29, 1.82) is 0 Å². The maximum Gasteiger partial charge on any atom is 0.231 e. The van der Waals surface area contributed by atoms with Crippen LogP contribution in [0.5, 0.6) is 0 Å². The maximum atomic E-state index is 6.26. The first kappa shape index (κ1) is 17.2. The normalized spacial score (nSPS) is 19.9. The summed E-state index contributed by atoms with van der Waals surface area (Å²) in [6, 6.07) is 10.0. The zero-order valence-corrected chi connectivity index (χ0v) is 16.9. The van der Waals surface area contributed by atoms with E-state index >= 15 is 0 Å². The van der Waals surface area contributed by atoms with Crippen molar-refractivity contribution >= 4 is 23.4 Å². The molecule has 0 unspecified atom stereocenters. The second-order valence-corrected chi connectivity index (χ2v) is 8.93. The molecule has 3 aromatic rings. The van der Waals surface area contributed by atoms with Gasteiger partial charge < -0.3 is 9.80 Å². The van der Waals surface area contributed by atoms with Gasteiger partial charge in [-0.3, -0.25) is 9.47 Å². The number of halogens is 1. The number of hydrogen-bond donors (Lipinski definition) is 0. The summed E-state index contributed by atoms with van der Waals surface area (Å²) in [6.45, 7) is 5.60. The van der Waals surface area contributed by atoms with Crippen LogP contribution in [0.1, 0.15) is 11.4 Å². The molecule has 5 heterocycles. The van der Waals surface area contributed by atoms with Crippen molar-refractivity contribution in [3.63, 3.8) is 0 Å². The third-order valence-electron chi connectivity index (χ3n) is 6.12. The monoisotopic (exact) mass is 408 g/mol. The Hall–Kier alpha value is -2.71. The summed E-state index contributed by atoms with van der Waals surface area (Å²) in [6.07, 6.45) is 1.71. The van der Waals surface area contributed by atoms with Gasteiger partial charge in [0, 0.05) is 49.4 Å². The molecule has 29 heavy (non-hydrogen) atoms. The van der Waals surface area contributed by atoms with E-state index in [1.807, 2.05) is 18.2 Å². The third kappa shape index (κ3) is 2.70. The number of rotatable bonds is 2. The standard InChI is InChI=1S/C20H21ClN8/c1-26-8-14-7-15(21)4-5-16(14)29-18(9-26)24-25-19(29)28-12-20(13-28)10-27(11-20)17-3-2-6-22-23-17/h2-7H,8-13H2,1H3. The lowest BCUT2D eigenvalue weighted by atomic mass is 9.73. The fourth-order valence-electron chi connectivity index (χ4n) is 4.84. The first-order valence-electron chi connectivity index (χ1n) is 9.80. The van der Waals surface area contributed by atoms with Crippen LogP contribution in [-0.4, -0.2) is 63.1 Å². The van der Waals surface area contributed by atoms with Crippen LogP contribution in [-0.2, 0) is 13.1 Å². The van der Waals surface area contributed by atoms with Crippen LogP contribution in [0.25, 0.3) is 5.69 Å². The highest BCUT2D eigenvalue weighted by molar-refractivity contribution is 6.30. The summed E-state index contributed by atoms with van der Waals surface area (Å²) in [5.74, 6) is 2.86. The molecular weight excluding hydrogens is 388 g/mol. The molecule has 0 amide bonds. The number of aromatic nitrogens is 5. The molecule has 3 aliphatic rings. The quantitative estimate of drug-likeness (QED) is 0.642. The van der Waals surface area contributed by atoms with Gasteiger partial charge in [0.25, 0.3) is 0 Å². The number of nitrogens with zero attached hydrogens (tertiary/aromatic N) is 8. The van der Waals surface area contributed by atoms with E-state index in [9.17, 15) is 0 Å². The number of fused-ring (bicyclic) bond motifs is 3. The van der Waals surface area contributed by atoms with E-state index in [0.29, 0.717) is 5.41 Å². The minimum absolute atomic E-state index is 0.314. The predicted molar refractivity (Wildman–Crippen MR) is 110 cm³/mol. The molecule has 3 aliphatic heterocycles. The van der Waals surface area contributed by atoms with Crippen molar-refractivity contribution in [3.8, 4) is 5.69 Å². The van der Waals surface area contributed by atoms with Crippen LogP contribution in [0.3, 0.4) is 0 Å². The van der Waals surface area contributed by atoms with E-state index in [-0.39, 0.29) is 0 Å². The molecule has 0 radical (unpaired) electrons. The molecule has 0 N–H and O–H groups in total. The average molecular weight is 409 g/mol. The Bertz CT molecular complexity index is 1070. The molecule has 1 aromatic carbocycles. The van der Waals surface area contributed by atoms with Gasteiger partial charge in [0.1, 0.15) is 0 Å². The van der Waals surface area contributed by atoms with Crippen LogP contribution < -0.4 is 9.80 Å². The van der Waals surface area contributed by atoms with Gasteiger partial charge in [-0.1, -0.05) is 11.6 Å². The van der Waals surface area contributed by atoms with E-state index in [2.05, 4.69) is 58.8 Å². The molecule has 0 saturated carbocycles. The summed E-state index contributed by atoms with van der Waals surface area (Å²) in [5, 5.41) is 18.0. The second kappa shape index (κ2) is 6.14. The van der Waals surface area contributed by atoms with E-state index in [4.69, 9.17) is 11.6 Å². The molecular formula is C20H21ClN8. The highest BCUT2D eigenvalue weighted by Crippen LogP contribution is 2.43. The third-order valence-corrected chi connectivity index (χ3v) is 6.35. The largest absolute Gasteiger partial charge is 0.354 e. The summed E-state index contributed by atoms with van der Waals surface area (Å²) in [4.78, 5) is 6.88. The van der Waals surface area contributed by atoms with Gasteiger partial charge in [0.15, 0.2) is 11.6 Å². The van der Waals surface area contributed by atoms with Gasteiger partial charge in [0.2, 0.25) is 5.95 Å². The molecule has 148 valence electrons. The Labute approximate surface area is 173 Å². The van der Waals surface area contributed by atoms with Gasteiger partial charge in [-0.2, -0.15) is 5.10 Å². The van der Waals surface area contributed by atoms with Crippen molar-refractivity contribution in [1.82, 2.24) is 29.9 Å². The van der Waals surface area contributed by atoms with E-state index < -0.39 is 0 Å². The van der Waals surface area contributed by atoms with Gasteiger partial charge in [-0.05, 0) is 42.9 Å². The number of benzene rings is 1. The fraction of sp³-hybridized carbons (Fsp3) is 0.400. The van der Waals surface area contributed by atoms with Gasteiger partial charge in [0.05, 0.1) is 12.2 Å². The van der Waals surface area contributed by atoms with E-state index in [1.54, 1.807) is 6.20 Å². The molecule has 8 nitrogen and oxygen atoms in total. The molecule has 0 aliphatic carbocycles.